The Morgan fingerprint density at radius 1 is 0.944 bits per heavy atom. The Morgan fingerprint density at radius 2 is 1.69 bits per heavy atom. The van der Waals surface area contributed by atoms with Crippen LogP contribution in [0.5, 0.6) is 0 Å². The molecule has 1 amide bonds. The van der Waals surface area contributed by atoms with Crippen LogP contribution in [-0.2, 0) is 22.2 Å². The first-order valence-electron chi connectivity index (χ1n) is 12.9. The first kappa shape index (κ1) is 22.8. The lowest BCUT2D eigenvalue weighted by atomic mass is 9.62. The maximum Gasteiger partial charge on any atom is 0.247 e. The summed E-state index contributed by atoms with van der Waals surface area (Å²) >= 11 is 0. The van der Waals surface area contributed by atoms with Crippen LogP contribution in [0.1, 0.15) is 55.0 Å². The molecule has 1 spiro atoms. The third-order valence-corrected chi connectivity index (χ3v) is 8.57. The quantitative estimate of drug-likeness (QED) is 0.312. The summed E-state index contributed by atoms with van der Waals surface area (Å²) in [5, 5.41) is 1.26. The summed E-state index contributed by atoms with van der Waals surface area (Å²) in [6.45, 7) is 2.94. The highest BCUT2D eigenvalue weighted by Gasteiger charge is 2.50. The lowest BCUT2D eigenvalue weighted by Gasteiger charge is -2.52. The standard InChI is InChI=1S/C32H31FN2O/c1-31(24-10-7-11-25(33)22-24)17-19-32(20-18-31)30-27(26-12-5-6-13-28(26)34-30)16-21-35(32)29(36)15-14-23-8-3-2-4-9-23/h2-15,22,34H,16-21H2,1H3/b15-14+. The monoisotopic (exact) mass is 478 g/mol. The van der Waals surface area contributed by atoms with Crippen molar-refractivity contribution in [1.29, 1.82) is 0 Å². The van der Waals surface area contributed by atoms with E-state index in [0.29, 0.717) is 6.54 Å². The Kier molecular flexibility index (Phi) is 5.55. The molecule has 0 saturated heterocycles. The Morgan fingerprint density at radius 3 is 2.47 bits per heavy atom. The first-order chi connectivity index (χ1) is 17.5. The van der Waals surface area contributed by atoms with Gasteiger partial charge in [0, 0.05) is 29.2 Å². The minimum Gasteiger partial charge on any atom is -0.356 e. The van der Waals surface area contributed by atoms with Gasteiger partial charge in [0.25, 0.3) is 0 Å². The summed E-state index contributed by atoms with van der Waals surface area (Å²) in [4.78, 5) is 19.6. The number of rotatable bonds is 3. The van der Waals surface area contributed by atoms with Crippen molar-refractivity contribution in [3.05, 3.63) is 113 Å². The van der Waals surface area contributed by atoms with E-state index in [9.17, 15) is 9.18 Å². The minimum atomic E-state index is -0.391. The summed E-state index contributed by atoms with van der Waals surface area (Å²) in [6.07, 6.45) is 7.93. The third kappa shape index (κ3) is 3.76. The molecule has 1 fully saturated rings. The molecular formula is C32H31FN2O. The molecule has 4 aromatic rings. The molecule has 0 unspecified atom stereocenters. The molecule has 36 heavy (non-hydrogen) atoms. The number of aromatic nitrogens is 1. The highest BCUT2D eigenvalue weighted by molar-refractivity contribution is 5.93. The van der Waals surface area contributed by atoms with Crippen LogP contribution in [0.2, 0.25) is 0 Å². The molecule has 1 aromatic heterocycles. The Bertz CT molecular complexity index is 1440. The van der Waals surface area contributed by atoms with E-state index in [-0.39, 0.29) is 17.1 Å². The number of nitrogens with zero attached hydrogens (tertiary/aromatic N) is 1. The van der Waals surface area contributed by atoms with Gasteiger partial charge in [0.2, 0.25) is 5.91 Å². The van der Waals surface area contributed by atoms with Crippen molar-refractivity contribution in [2.24, 2.45) is 0 Å². The lowest BCUT2D eigenvalue weighted by Crippen LogP contribution is -2.56. The van der Waals surface area contributed by atoms with E-state index in [4.69, 9.17) is 0 Å². The van der Waals surface area contributed by atoms with Gasteiger partial charge in [-0.2, -0.15) is 0 Å². The van der Waals surface area contributed by atoms with Gasteiger partial charge in [0.1, 0.15) is 5.82 Å². The summed E-state index contributed by atoms with van der Waals surface area (Å²) in [5.41, 5.74) is 5.23. The molecule has 3 aromatic carbocycles. The number of fused-ring (bicyclic) bond motifs is 4. The Labute approximate surface area is 211 Å². The Balaban J connectivity index is 1.39. The summed E-state index contributed by atoms with van der Waals surface area (Å²) in [6, 6.07) is 25.5. The lowest BCUT2D eigenvalue weighted by molar-refractivity contribution is -0.136. The van der Waals surface area contributed by atoms with Crippen molar-refractivity contribution in [1.82, 2.24) is 9.88 Å². The predicted molar refractivity (Wildman–Crippen MR) is 143 cm³/mol. The minimum absolute atomic E-state index is 0.0533. The van der Waals surface area contributed by atoms with Gasteiger partial charge in [0.05, 0.1) is 5.54 Å². The zero-order valence-electron chi connectivity index (χ0n) is 20.6. The average Bonchev–Trinajstić information content (AvgIpc) is 3.30. The number of para-hydroxylation sites is 1. The van der Waals surface area contributed by atoms with Gasteiger partial charge in [-0.15, -0.1) is 0 Å². The van der Waals surface area contributed by atoms with E-state index in [2.05, 4.69) is 41.1 Å². The van der Waals surface area contributed by atoms with Gasteiger partial charge in [-0.3, -0.25) is 4.79 Å². The molecule has 1 aliphatic heterocycles. The van der Waals surface area contributed by atoms with E-state index >= 15 is 0 Å². The maximum absolute atomic E-state index is 14.1. The van der Waals surface area contributed by atoms with Crippen LogP contribution in [0.25, 0.3) is 17.0 Å². The topological polar surface area (TPSA) is 36.1 Å². The smallest absolute Gasteiger partial charge is 0.247 e. The normalized spacial score (nSPS) is 23.9. The van der Waals surface area contributed by atoms with Gasteiger partial charge in [0.15, 0.2) is 0 Å². The number of amides is 1. The van der Waals surface area contributed by atoms with Crippen molar-refractivity contribution < 1.29 is 9.18 Å². The molecule has 2 aliphatic rings. The van der Waals surface area contributed by atoms with E-state index < -0.39 is 5.54 Å². The first-order valence-corrected chi connectivity index (χ1v) is 12.9. The molecule has 182 valence electrons. The van der Waals surface area contributed by atoms with Gasteiger partial charge in [-0.05, 0) is 78.5 Å². The number of carbonyl (C=O) groups is 1. The maximum atomic E-state index is 14.1. The van der Waals surface area contributed by atoms with Crippen LogP contribution < -0.4 is 0 Å². The molecule has 6 rings (SSSR count). The fraction of sp³-hybridized carbons (Fsp3) is 0.281. The highest BCUT2D eigenvalue weighted by Crippen LogP contribution is 2.53. The van der Waals surface area contributed by atoms with E-state index in [0.717, 1.165) is 48.7 Å². The molecule has 4 heteroatoms. The number of hydrogen-bond donors (Lipinski definition) is 1. The molecule has 0 bridgehead atoms. The second-order valence-electron chi connectivity index (χ2n) is 10.6. The van der Waals surface area contributed by atoms with Gasteiger partial charge in [-0.1, -0.05) is 67.6 Å². The van der Waals surface area contributed by atoms with E-state index in [1.807, 2.05) is 42.5 Å². The van der Waals surface area contributed by atoms with Gasteiger partial charge >= 0.3 is 0 Å². The van der Waals surface area contributed by atoms with E-state index in [1.54, 1.807) is 18.2 Å². The zero-order valence-corrected chi connectivity index (χ0v) is 20.6. The predicted octanol–water partition coefficient (Wildman–Crippen LogP) is 7.13. The van der Waals surface area contributed by atoms with Crippen LogP contribution in [-0.4, -0.2) is 22.3 Å². The second-order valence-corrected chi connectivity index (χ2v) is 10.6. The summed E-state index contributed by atoms with van der Waals surface area (Å²) in [5.74, 6) is -0.134. The second kappa shape index (κ2) is 8.77. The largest absolute Gasteiger partial charge is 0.356 e. The van der Waals surface area contributed by atoms with Crippen molar-refractivity contribution in [2.75, 3.05) is 6.54 Å². The highest BCUT2D eigenvalue weighted by atomic mass is 19.1. The molecule has 0 radical (unpaired) electrons. The summed E-state index contributed by atoms with van der Waals surface area (Å²) in [7, 11) is 0. The van der Waals surface area contributed by atoms with Crippen LogP contribution in [0.3, 0.4) is 0 Å². The van der Waals surface area contributed by atoms with E-state index in [1.165, 1.54) is 22.7 Å². The number of H-pyrrole nitrogens is 1. The molecular weight excluding hydrogens is 447 g/mol. The van der Waals surface area contributed by atoms with Gasteiger partial charge < -0.3 is 9.88 Å². The van der Waals surface area contributed by atoms with Gasteiger partial charge in [-0.25, -0.2) is 4.39 Å². The van der Waals surface area contributed by atoms with Crippen LogP contribution in [0.15, 0.2) is 84.9 Å². The van der Waals surface area contributed by atoms with Crippen molar-refractivity contribution >= 4 is 22.9 Å². The number of benzene rings is 3. The number of aromatic amines is 1. The average molecular weight is 479 g/mol. The third-order valence-electron chi connectivity index (χ3n) is 8.57. The number of nitrogens with one attached hydrogen (secondary N) is 1. The zero-order chi connectivity index (χ0) is 24.8. The molecule has 1 aliphatic carbocycles. The molecule has 2 heterocycles. The van der Waals surface area contributed by atoms with Crippen molar-refractivity contribution in [3.63, 3.8) is 0 Å². The number of halogens is 1. The molecule has 0 atom stereocenters. The Hall–Kier alpha value is -3.66. The van der Waals surface area contributed by atoms with Crippen molar-refractivity contribution in [2.45, 2.75) is 50.0 Å². The fourth-order valence-corrected chi connectivity index (χ4v) is 6.46. The van der Waals surface area contributed by atoms with Crippen LogP contribution in [0.4, 0.5) is 4.39 Å². The number of hydrogen-bond acceptors (Lipinski definition) is 1. The molecule has 1 N–H and O–H groups in total. The fourth-order valence-electron chi connectivity index (χ4n) is 6.46. The van der Waals surface area contributed by atoms with Crippen LogP contribution in [0, 0.1) is 5.82 Å². The summed E-state index contributed by atoms with van der Waals surface area (Å²) < 4.78 is 14.1. The SMILES string of the molecule is CC1(c2cccc(F)c2)CCC2(CC1)c1[nH]c3ccccc3c1CCN2C(=O)/C=C/c1ccccc1. The number of carbonyl (C=O) groups excluding carboxylic acids is 1. The molecule has 1 saturated carbocycles. The van der Waals surface area contributed by atoms with Crippen LogP contribution >= 0.6 is 0 Å². The molecule has 3 nitrogen and oxygen atoms in total. The van der Waals surface area contributed by atoms with Crippen molar-refractivity contribution in [3.8, 4) is 0 Å².